The fourth-order valence-electron chi connectivity index (χ4n) is 19.9. The van der Waals surface area contributed by atoms with Crippen molar-refractivity contribution in [1.29, 1.82) is 0 Å². The quantitative estimate of drug-likeness (QED) is 0.147. The van der Waals surface area contributed by atoms with E-state index < -0.39 is 244 Å². The van der Waals surface area contributed by atoms with Gasteiger partial charge in [0.2, 0.25) is 0 Å². The van der Waals surface area contributed by atoms with Gasteiger partial charge in [-0.1, -0.05) is 63.4 Å². The van der Waals surface area contributed by atoms with Crippen molar-refractivity contribution in [2.24, 2.45) is 94.7 Å². The fourth-order valence-corrected chi connectivity index (χ4v) is 19.9. The van der Waals surface area contributed by atoms with Crippen molar-refractivity contribution < 1.29 is 229 Å². The second-order valence-corrected chi connectivity index (χ2v) is 36.6. The van der Waals surface area contributed by atoms with Gasteiger partial charge in [0.15, 0.2) is 0 Å². The van der Waals surface area contributed by atoms with Gasteiger partial charge in [0.1, 0.15) is 0 Å². The van der Waals surface area contributed by atoms with Gasteiger partial charge in [-0.05, 0) is 128 Å². The zero-order valence-electron chi connectivity index (χ0n) is 75.0. The average molecular weight is 2020 g/mol. The first-order chi connectivity index (χ1) is 67.4. The molecule has 0 amide bonds. The summed E-state index contributed by atoms with van der Waals surface area (Å²) >= 11 is 0. The van der Waals surface area contributed by atoms with Crippen LogP contribution in [-0.4, -0.2) is 191 Å². The number of ether oxygens (including phenoxy) is 16. The molecule has 18 fully saturated rings. The molecule has 18 aliphatic rings. The third-order valence-corrected chi connectivity index (χ3v) is 27.1. The molecule has 768 valence electrons. The van der Waals surface area contributed by atoms with E-state index in [1.807, 2.05) is 0 Å². The predicted molar refractivity (Wildman–Crippen MR) is 449 cm³/mol. The lowest BCUT2D eigenvalue weighted by molar-refractivity contribution is -0.169. The summed E-state index contributed by atoms with van der Waals surface area (Å²) in [7, 11) is 0. The second kappa shape index (κ2) is 48.0. The van der Waals surface area contributed by atoms with Crippen molar-refractivity contribution in [1.82, 2.24) is 0 Å². The second-order valence-electron chi connectivity index (χ2n) is 36.6. The number of benzene rings is 2. The molecule has 2 aliphatic carbocycles. The summed E-state index contributed by atoms with van der Waals surface area (Å²) < 4.78 is 71.0. The average Bonchev–Trinajstić information content (AvgIpc) is 1.70. The Hall–Kier alpha value is -15.3. The smallest absolute Gasteiger partial charge is 0.321 e. The van der Waals surface area contributed by atoms with Gasteiger partial charge in [-0.15, -0.1) is 0 Å². The van der Waals surface area contributed by atoms with Gasteiger partial charge in [0.25, 0.3) is 0 Å². The van der Waals surface area contributed by atoms with Crippen LogP contribution >= 0.6 is 0 Å². The minimum Gasteiger partial charge on any atom is -0.393 e. The van der Waals surface area contributed by atoms with Crippen LogP contribution in [0.4, 0.5) is 0 Å². The van der Waals surface area contributed by atoms with Crippen molar-refractivity contribution >= 4 is 191 Å². The highest BCUT2D eigenvalue weighted by molar-refractivity contribution is 6.05. The molecule has 12 unspecified atom stereocenters. The maximum atomic E-state index is 11.6. The number of esters is 32. The highest BCUT2D eigenvalue weighted by atomic mass is 16.7. The van der Waals surface area contributed by atoms with Gasteiger partial charge < -0.3 is 75.8 Å². The van der Waals surface area contributed by atoms with E-state index in [4.69, 9.17) is 0 Å². The van der Waals surface area contributed by atoms with Crippen molar-refractivity contribution in [3.05, 3.63) is 70.8 Å². The van der Waals surface area contributed by atoms with Gasteiger partial charge >= 0.3 is 191 Å². The molecular formula is C96H96O48. The van der Waals surface area contributed by atoms with Gasteiger partial charge in [0, 0.05) is 31.6 Å². The molecule has 0 radical (unpaired) electrons. The number of carbonyl (C=O) groups excluding carboxylic acids is 32. The summed E-state index contributed by atoms with van der Waals surface area (Å²) in [6, 6.07) is 13.6. The van der Waals surface area contributed by atoms with Crippen LogP contribution in [-0.2, 0) is 229 Å². The molecule has 12 atom stereocenters. The standard InChI is InChI=1S/C15H18O6.C15H12O6.C14H16O6.C14H10O6.C10H10O6.2C9H8O6.C8H6O6.2CH4/c2*16-12-5-10(6-13(17)20-12)8-1-3-9(4-2-8)11-7-14(18)21-15(11)19;2*15-11-5-9(13(17)19-11)7-1-2-8(4-3-7)10-6-12(16)20-14(10)18;11-7-2-5(3-8(12)15-7)1-6-4-9(13)16-10(6)14;10-6-1-4(2-7(11)14-6)5-3-8(12)15-9(5)13;10-6-2-4(8(12)14-6)1-5-3-7(11)15-9(5)13;9-5-1-3(7(11)13-5)4-2-6(10)14-8(4)12;;/h8-11H,1-7H2;1-4,10-11H,5-7H2;7-10H,1-6H2;1-4,9-10H,5-6H2;5-6H,1-4H2;2*4-5H,1-3H2;3-4H,1-2H2;2*1H4. The van der Waals surface area contributed by atoms with E-state index >= 15 is 0 Å². The van der Waals surface area contributed by atoms with E-state index in [-0.39, 0.29) is 196 Å². The largest absolute Gasteiger partial charge is 0.393 e. The third-order valence-electron chi connectivity index (χ3n) is 27.1. The summed E-state index contributed by atoms with van der Waals surface area (Å²) in [6.07, 6.45) is 8.54. The minimum atomic E-state index is -0.846. The molecular weight excluding hydrogens is 1920 g/mol. The number of hydrogen-bond donors (Lipinski definition) is 0. The Balaban J connectivity index is 0.000000157. The van der Waals surface area contributed by atoms with Crippen LogP contribution in [0, 0.1) is 94.7 Å². The van der Waals surface area contributed by atoms with Crippen LogP contribution in [0.3, 0.4) is 0 Å². The number of hydrogen-bond acceptors (Lipinski definition) is 48. The number of cyclic esters (lactones) is 32. The summed E-state index contributed by atoms with van der Waals surface area (Å²) in [5, 5.41) is 0. The van der Waals surface area contributed by atoms with Gasteiger partial charge in [0.05, 0.1) is 174 Å². The Morgan fingerprint density at radius 1 is 0.160 bits per heavy atom. The predicted octanol–water partition coefficient (Wildman–Crippen LogP) is 3.82. The molecule has 0 spiro atoms. The SMILES string of the molecule is C.C.O=C1CC(C2CC(=O)OC2=O)C(=O)O1.O=C1CC(C2CC(=O)OC2=O)CC(=O)O1.O=C1CC(C2CCC(C3CC(=O)OC3=O)CC2)C(=O)O1.O=C1CC(C2CCC(C3CC(=O)OC3=O)CC2)CC(=O)O1.O=C1CC(CC2CC(=O)OC2=O)C(=O)O1.O=C1CC(CC2CC(=O)OC2=O)CC(=O)O1.O=C1CC(c2ccc(C3CC(=O)OC3=O)cc2)C(=O)O1.O=C1CC(c2ccc(C3CC(=O)OC3=O)cc2)CC(=O)O1. The Morgan fingerprint density at radius 3 is 0.597 bits per heavy atom. The van der Waals surface area contributed by atoms with Crippen LogP contribution in [0.1, 0.15) is 253 Å². The zero-order chi connectivity index (χ0) is 103. The first-order valence-electron chi connectivity index (χ1n) is 45.5. The molecule has 2 aromatic carbocycles. The molecule has 48 heteroatoms. The first-order valence-corrected chi connectivity index (χ1v) is 45.5. The van der Waals surface area contributed by atoms with E-state index in [9.17, 15) is 153 Å². The third kappa shape index (κ3) is 28.6. The van der Waals surface area contributed by atoms with Crippen LogP contribution in [0.25, 0.3) is 0 Å². The van der Waals surface area contributed by atoms with E-state index in [1.54, 1.807) is 48.5 Å². The summed E-state index contributed by atoms with van der Waals surface area (Å²) in [5.74, 6) is -24.4. The molecule has 2 saturated carbocycles. The molecule has 16 heterocycles. The highest BCUT2D eigenvalue weighted by Gasteiger charge is 2.52. The van der Waals surface area contributed by atoms with Gasteiger partial charge in [-0.25, -0.2) is 0 Å². The summed E-state index contributed by atoms with van der Waals surface area (Å²) in [5.41, 5.74) is 2.84. The Kier molecular flexibility index (Phi) is 36.3. The molecule has 2 aromatic rings. The lowest BCUT2D eigenvalue weighted by Crippen LogP contribution is -2.33. The zero-order valence-corrected chi connectivity index (χ0v) is 75.0. The molecule has 16 aliphatic heterocycles. The Labute approximate surface area is 813 Å². The molecule has 20 rings (SSSR count). The molecule has 0 bridgehead atoms. The van der Waals surface area contributed by atoms with Crippen molar-refractivity contribution in [2.75, 3.05) is 0 Å². The minimum absolute atomic E-state index is 0. The Morgan fingerprint density at radius 2 is 0.354 bits per heavy atom. The van der Waals surface area contributed by atoms with Crippen molar-refractivity contribution in [3.63, 3.8) is 0 Å². The number of rotatable bonds is 14. The normalized spacial score (nSPS) is 29.5. The first kappa shape index (κ1) is 109. The highest BCUT2D eigenvalue weighted by Crippen LogP contribution is 2.46. The lowest BCUT2D eigenvalue weighted by atomic mass is 9.70. The topological polar surface area (TPSA) is 694 Å². The van der Waals surface area contributed by atoms with E-state index in [2.05, 4.69) is 75.8 Å². The van der Waals surface area contributed by atoms with Crippen LogP contribution in [0.2, 0.25) is 0 Å². The molecule has 144 heavy (non-hydrogen) atoms. The molecule has 16 saturated heterocycles. The maximum absolute atomic E-state index is 11.6. The van der Waals surface area contributed by atoms with Gasteiger partial charge in [-0.2, -0.15) is 0 Å². The van der Waals surface area contributed by atoms with Crippen LogP contribution in [0.15, 0.2) is 48.5 Å². The summed E-state index contributed by atoms with van der Waals surface area (Å²) in [4.78, 5) is 356. The van der Waals surface area contributed by atoms with Crippen LogP contribution < -0.4 is 0 Å². The van der Waals surface area contributed by atoms with Gasteiger partial charge in [-0.3, -0.25) is 153 Å². The molecule has 0 aromatic heterocycles. The van der Waals surface area contributed by atoms with E-state index in [1.165, 1.54) is 0 Å². The van der Waals surface area contributed by atoms with E-state index in [0.29, 0.717) is 41.9 Å². The van der Waals surface area contributed by atoms with E-state index in [0.717, 1.165) is 56.9 Å². The molecule has 0 N–H and O–H groups in total. The van der Waals surface area contributed by atoms with Crippen molar-refractivity contribution in [3.8, 4) is 0 Å². The Bertz CT molecular complexity index is 5440. The van der Waals surface area contributed by atoms with Crippen LogP contribution in [0.5, 0.6) is 0 Å². The monoisotopic (exact) mass is 2020 g/mol. The maximum Gasteiger partial charge on any atom is 0.321 e. The van der Waals surface area contributed by atoms with Crippen molar-refractivity contribution in [2.45, 2.75) is 231 Å². The summed E-state index contributed by atoms with van der Waals surface area (Å²) in [6.45, 7) is 0. The fraction of sp³-hybridized carbons (Fsp3) is 0.542. The lowest BCUT2D eigenvalue weighted by Gasteiger charge is -2.35. The number of carbonyl (C=O) groups is 32. The molecule has 48 nitrogen and oxygen atoms in total.